The Morgan fingerprint density at radius 1 is 1.21 bits per heavy atom. The van der Waals surface area contributed by atoms with Gasteiger partial charge in [-0.1, -0.05) is 23.5 Å². The van der Waals surface area contributed by atoms with Crippen molar-refractivity contribution in [2.24, 2.45) is 0 Å². The molecule has 0 radical (unpaired) electrons. The van der Waals surface area contributed by atoms with E-state index in [4.69, 9.17) is 0 Å². The number of nitrogens with zero attached hydrogens (tertiary/aromatic N) is 1. The van der Waals surface area contributed by atoms with Crippen molar-refractivity contribution in [1.29, 1.82) is 0 Å². The molecule has 2 aromatic rings. The molecule has 0 saturated heterocycles. The summed E-state index contributed by atoms with van der Waals surface area (Å²) in [6.45, 7) is 0. The molecule has 0 spiro atoms. The molecule has 0 atom stereocenters. The molecule has 1 aromatic carbocycles. The number of halogens is 2. The number of amides is 3. The number of imide groups is 1. The standard InChI is InChI=1S/C11H7Br2N3O2S/c12-7-4-2-1-3-6(7)9(17)15-10(18)16-11-14-5-8(13)19-11/h1-5H,(H2,14,15,16,17,18). The lowest BCUT2D eigenvalue weighted by molar-refractivity contribution is 0.0966. The summed E-state index contributed by atoms with van der Waals surface area (Å²) in [6.07, 6.45) is 1.57. The fraction of sp³-hybridized carbons (Fsp3) is 0. The topological polar surface area (TPSA) is 71.1 Å². The molecule has 0 fully saturated rings. The Kier molecular flexibility index (Phi) is 4.67. The van der Waals surface area contributed by atoms with Gasteiger partial charge >= 0.3 is 6.03 Å². The summed E-state index contributed by atoms with van der Waals surface area (Å²) < 4.78 is 1.41. The number of urea groups is 1. The fourth-order valence-corrected chi connectivity index (χ4v) is 2.82. The van der Waals surface area contributed by atoms with E-state index in [1.54, 1.807) is 30.5 Å². The first-order valence-corrected chi connectivity index (χ1v) is 7.44. The maximum absolute atomic E-state index is 11.8. The summed E-state index contributed by atoms with van der Waals surface area (Å²) in [5, 5.41) is 5.11. The Labute approximate surface area is 129 Å². The van der Waals surface area contributed by atoms with Crippen molar-refractivity contribution in [1.82, 2.24) is 10.3 Å². The number of hydrogen-bond donors (Lipinski definition) is 2. The van der Waals surface area contributed by atoms with Crippen LogP contribution < -0.4 is 10.6 Å². The Morgan fingerprint density at radius 2 is 1.95 bits per heavy atom. The molecule has 0 saturated carbocycles. The van der Waals surface area contributed by atoms with E-state index in [1.807, 2.05) is 0 Å². The minimum Gasteiger partial charge on any atom is -0.283 e. The number of anilines is 1. The first kappa shape index (κ1) is 14.2. The second-order valence-corrected chi connectivity index (χ2v) is 6.62. The third kappa shape index (κ3) is 3.85. The zero-order valence-electron chi connectivity index (χ0n) is 9.31. The van der Waals surface area contributed by atoms with E-state index >= 15 is 0 Å². The van der Waals surface area contributed by atoms with Gasteiger partial charge in [0.15, 0.2) is 5.13 Å². The van der Waals surface area contributed by atoms with Crippen LogP contribution in [0.5, 0.6) is 0 Å². The van der Waals surface area contributed by atoms with E-state index in [0.29, 0.717) is 15.2 Å². The highest BCUT2D eigenvalue weighted by atomic mass is 79.9. The van der Waals surface area contributed by atoms with E-state index in [0.717, 1.165) is 3.79 Å². The minimum absolute atomic E-state index is 0.387. The summed E-state index contributed by atoms with van der Waals surface area (Å²) in [6, 6.07) is 6.23. The van der Waals surface area contributed by atoms with Crippen molar-refractivity contribution < 1.29 is 9.59 Å². The summed E-state index contributed by atoms with van der Waals surface area (Å²) >= 11 is 7.73. The second kappa shape index (κ2) is 6.27. The van der Waals surface area contributed by atoms with Crippen molar-refractivity contribution in [3.8, 4) is 0 Å². The molecule has 2 N–H and O–H groups in total. The number of thiazole rings is 1. The Balaban J connectivity index is 1.99. The van der Waals surface area contributed by atoms with Crippen LogP contribution in [0.15, 0.2) is 38.7 Å². The molecule has 5 nitrogen and oxygen atoms in total. The van der Waals surface area contributed by atoms with Gasteiger partial charge in [-0.05, 0) is 44.0 Å². The van der Waals surface area contributed by atoms with Gasteiger partial charge in [-0.3, -0.25) is 15.4 Å². The Bertz CT molecular complexity index is 630. The fourth-order valence-electron chi connectivity index (χ4n) is 1.26. The number of carbonyl (C=O) groups excluding carboxylic acids is 2. The molecule has 0 unspecified atom stereocenters. The van der Waals surface area contributed by atoms with Gasteiger partial charge in [0.05, 0.1) is 15.5 Å². The summed E-state index contributed by atoms with van der Waals surface area (Å²) in [5.41, 5.74) is 0.387. The van der Waals surface area contributed by atoms with Crippen molar-refractivity contribution >= 4 is 60.3 Å². The monoisotopic (exact) mass is 403 g/mol. The highest BCUT2D eigenvalue weighted by Crippen LogP contribution is 2.23. The molecular weight excluding hydrogens is 398 g/mol. The van der Waals surface area contributed by atoms with E-state index in [2.05, 4.69) is 47.5 Å². The highest BCUT2D eigenvalue weighted by molar-refractivity contribution is 9.11. The van der Waals surface area contributed by atoms with E-state index in [9.17, 15) is 9.59 Å². The van der Waals surface area contributed by atoms with Gasteiger partial charge in [0, 0.05) is 4.47 Å². The van der Waals surface area contributed by atoms with Crippen molar-refractivity contribution in [3.63, 3.8) is 0 Å². The third-order valence-electron chi connectivity index (χ3n) is 2.04. The van der Waals surface area contributed by atoms with Crippen LogP contribution in [-0.4, -0.2) is 16.9 Å². The van der Waals surface area contributed by atoms with Crippen LogP contribution in [0.4, 0.5) is 9.93 Å². The van der Waals surface area contributed by atoms with Gasteiger partial charge in [-0.25, -0.2) is 9.78 Å². The first-order valence-electron chi connectivity index (χ1n) is 5.04. The molecule has 98 valence electrons. The average molecular weight is 405 g/mol. The predicted octanol–water partition coefficient (Wildman–Crippen LogP) is 3.63. The number of carbonyl (C=O) groups is 2. The van der Waals surface area contributed by atoms with E-state index in [1.165, 1.54) is 11.3 Å². The van der Waals surface area contributed by atoms with Gasteiger partial charge in [0.1, 0.15) is 0 Å². The third-order valence-corrected chi connectivity index (χ3v) is 4.13. The van der Waals surface area contributed by atoms with Gasteiger partial charge < -0.3 is 0 Å². The molecule has 1 aromatic heterocycles. The van der Waals surface area contributed by atoms with E-state index < -0.39 is 11.9 Å². The second-order valence-electron chi connectivity index (χ2n) is 3.36. The van der Waals surface area contributed by atoms with Gasteiger partial charge in [-0.15, -0.1) is 0 Å². The van der Waals surface area contributed by atoms with Crippen LogP contribution in [0.25, 0.3) is 0 Å². The molecule has 2 rings (SSSR count). The largest absolute Gasteiger partial charge is 0.327 e. The number of aromatic nitrogens is 1. The number of rotatable bonds is 2. The lowest BCUT2D eigenvalue weighted by Crippen LogP contribution is -2.34. The van der Waals surface area contributed by atoms with Crippen LogP contribution in [-0.2, 0) is 0 Å². The molecular formula is C11H7Br2N3O2S. The van der Waals surface area contributed by atoms with Gasteiger partial charge in [-0.2, -0.15) is 0 Å². The number of nitrogens with one attached hydrogen (secondary N) is 2. The normalized spacial score (nSPS) is 10.0. The highest BCUT2D eigenvalue weighted by Gasteiger charge is 2.13. The molecule has 19 heavy (non-hydrogen) atoms. The number of hydrogen-bond acceptors (Lipinski definition) is 4. The molecule has 0 aliphatic heterocycles. The van der Waals surface area contributed by atoms with E-state index in [-0.39, 0.29) is 0 Å². The zero-order chi connectivity index (χ0) is 13.8. The molecule has 0 aliphatic carbocycles. The maximum atomic E-state index is 11.8. The van der Waals surface area contributed by atoms with Crippen molar-refractivity contribution in [2.45, 2.75) is 0 Å². The minimum atomic E-state index is -0.623. The SMILES string of the molecule is O=C(NC(=O)c1ccccc1Br)Nc1ncc(Br)s1. The Morgan fingerprint density at radius 3 is 2.58 bits per heavy atom. The van der Waals surface area contributed by atoms with Crippen LogP contribution >= 0.6 is 43.2 Å². The molecule has 0 aliphatic rings. The molecule has 0 bridgehead atoms. The summed E-state index contributed by atoms with van der Waals surface area (Å²) in [5.74, 6) is -0.486. The van der Waals surface area contributed by atoms with Gasteiger partial charge in [0.2, 0.25) is 0 Å². The lowest BCUT2D eigenvalue weighted by atomic mass is 10.2. The molecule has 8 heteroatoms. The number of benzene rings is 1. The van der Waals surface area contributed by atoms with Gasteiger partial charge in [0.25, 0.3) is 5.91 Å². The first-order chi connectivity index (χ1) is 9.06. The van der Waals surface area contributed by atoms with Crippen molar-refractivity contribution in [3.05, 3.63) is 44.3 Å². The Hall–Kier alpha value is -1.25. The van der Waals surface area contributed by atoms with Crippen LogP contribution in [0, 0.1) is 0 Å². The smallest absolute Gasteiger partial charge is 0.283 e. The summed E-state index contributed by atoms with van der Waals surface area (Å²) in [4.78, 5) is 27.4. The van der Waals surface area contributed by atoms with Crippen LogP contribution in [0.3, 0.4) is 0 Å². The lowest BCUT2D eigenvalue weighted by Gasteiger charge is -2.05. The van der Waals surface area contributed by atoms with Crippen molar-refractivity contribution in [2.75, 3.05) is 5.32 Å². The quantitative estimate of drug-likeness (QED) is 0.802. The average Bonchev–Trinajstić information content (AvgIpc) is 2.74. The summed E-state index contributed by atoms with van der Waals surface area (Å²) in [7, 11) is 0. The molecule has 3 amide bonds. The van der Waals surface area contributed by atoms with Crippen LogP contribution in [0.2, 0.25) is 0 Å². The predicted molar refractivity (Wildman–Crippen MR) is 80.4 cm³/mol. The van der Waals surface area contributed by atoms with Crippen LogP contribution in [0.1, 0.15) is 10.4 Å². The maximum Gasteiger partial charge on any atom is 0.327 e. The molecule has 1 heterocycles. The zero-order valence-corrected chi connectivity index (χ0v) is 13.3.